The minimum atomic E-state index is 0.316. The van der Waals surface area contributed by atoms with Gasteiger partial charge in [-0.2, -0.15) is 0 Å². The van der Waals surface area contributed by atoms with Crippen LogP contribution >= 0.6 is 23.2 Å². The van der Waals surface area contributed by atoms with Gasteiger partial charge in [-0.05, 0) is 81.4 Å². The Labute approximate surface area is 195 Å². The minimum absolute atomic E-state index is 0.316. The van der Waals surface area contributed by atoms with Crippen LogP contribution in [-0.4, -0.2) is 40.5 Å². The summed E-state index contributed by atoms with van der Waals surface area (Å²) in [4.78, 5) is 11.9. The van der Waals surface area contributed by atoms with Gasteiger partial charge in [0.15, 0.2) is 5.82 Å². The van der Waals surface area contributed by atoms with Crippen LogP contribution in [-0.2, 0) is 0 Å². The Hall–Kier alpha value is -2.14. The monoisotopic (exact) mass is 456 g/mol. The molecule has 3 aromatic rings. The predicted molar refractivity (Wildman–Crippen MR) is 135 cm³/mol. The Balaban J connectivity index is 1.78. The quantitative estimate of drug-likeness (QED) is 0.355. The highest BCUT2D eigenvalue weighted by atomic mass is 35.5. The standard InChI is InChI=1S/C25H30Cl2N4/c1-4-31(5-2)16-8-9-18(3)28-25-21-10-6-7-11-23(21)29-24(30-25)15-13-19-12-14-20(26)17-22(19)27/h6-7,10-15,17-18H,4-5,8-9,16H2,1-3H3,(H,28,29,30)/b15-13+/t18-/m1/s1. The first-order chi connectivity index (χ1) is 15.0. The van der Waals surface area contributed by atoms with Crippen molar-refractivity contribution in [1.29, 1.82) is 0 Å². The maximum absolute atomic E-state index is 6.29. The van der Waals surface area contributed by atoms with E-state index in [0.29, 0.717) is 21.9 Å². The molecule has 0 aliphatic rings. The van der Waals surface area contributed by atoms with E-state index in [4.69, 9.17) is 33.2 Å². The van der Waals surface area contributed by atoms with Gasteiger partial charge in [-0.15, -0.1) is 0 Å². The molecule has 0 fully saturated rings. The summed E-state index contributed by atoms with van der Waals surface area (Å²) >= 11 is 12.3. The largest absolute Gasteiger partial charge is 0.367 e. The topological polar surface area (TPSA) is 41.0 Å². The smallest absolute Gasteiger partial charge is 0.154 e. The van der Waals surface area contributed by atoms with Gasteiger partial charge < -0.3 is 10.2 Å². The van der Waals surface area contributed by atoms with Crippen molar-refractivity contribution in [1.82, 2.24) is 14.9 Å². The van der Waals surface area contributed by atoms with Crippen molar-refractivity contribution in [3.63, 3.8) is 0 Å². The van der Waals surface area contributed by atoms with Crippen molar-refractivity contribution in [3.05, 3.63) is 63.9 Å². The number of benzene rings is 2. The Kier molecular flexibility index (Phi) is 8.70. The van der Waals surface area contributed by atoms with Gasteiger partial charge in [-0.3, -0.25) is 0 Å². The van der Waals surface area contributed by atoms with Crippen LogP contribution in [0.3, 0.4) is 0 Å². The van der Waals surface area contributed by atoms with Crippen molar-refractivity contribution in [3.8, 4) is 0 Å². The highest BCUT2D eigenvalue weighted by Gasteiger charge is 2.10. The number of para-hydroxylation sites is 1. The molecule has 3 rings (SSSR count). The van der Waals surface area contributed by atoms with Crippen LogP contribution in [0, 0.1) is 0 Å². The molecule has 0 spiro atoms. The number of halogens is 2. The van der Waals surface area contributed by atoms with Gasteiger partial charge in [0.05, 0.1) is 5.52 Å². The van der Waals surface area contributed by atoms with Gasteiger partial charge in [-0.1, -0.05) is 55.2 Å². The molecule has 1 atom stereocenters. The summed E-state index contributed by atoms with van der Waals surface area (Å²) in [6.45, 7) is 9.96. The molecule has 164 valence electrons. The summed E-state index contributed by atoms with van der Waals surface area (Å²) in [5.41, 5.74) is 1.79. The number of nitrogens with one attached hydrogen (secondary N) is 1. The fourth-order valence-corrected chi connectivity index (χ4v) is 4.02. The van der Waals surface area contributed by atoms with E-state index in [2.05, 4.69) is 37.1 Å². The van der Waals surface area contributed by atoms with Crippen molar-refractivity contribution in [2.45, 2.75) is 39.7 Å². The lowest BCUT2D eigenvalue weighted by Crippen LogP contribution is -2.25. The zero-order chi connectivity index (χ0) is 22.2. The maximum atomic E-state index is 6.29. The normalized spacial score (nSPS) is 12.7. The molecule has 0 saturated carbocycles. The Bertz CT molecular complexity index is 1030. The third kappa shape index (κ3) is 6.67. The van der Waals surface area contributed by atoms with Gasteiger partial charge >= 0.3 is 0 Å². The van der Waals surface area contributed by atoms with E-state index in [0.717, 1.165) is 54.8 Å². The first-order valence-corrected chi connectivity index (χ1v) is 11.6. The Morgan fingerprint density at radius 3 is 2.55 bits per heavy atom. The maximum Gasteiger partial charge on any atom is 0.154 e. The Morgan fingerprint density at radius 1 is 1.03 bits per heavy atom. The van der Waals surface area contributed by atoms with Crippen LogP contribution < -0.4 is 5.32 Å². The molecule has 4 nitrogen and oxygen atoms in total. The summed E-state index contributed by atoms with van der Waals surface area (Å²) < 4.78 is 0. The second-order valence-electron chi connectivity index (χ2n) is 7.66. The third-order valence-electron chi connectivity index (χ3n) is 5.38. The van der Waals surface area contributed by atoms with Crippen LogP contribution in [0.25, 0.3) is 23.1 Å². The first kappa shape index (κ1) is 23.5. The average Bonchev–Trinajstić information content (AvgIpc) is 2.76. The number of rotatable bonds is 10. The van der Waals surface area contributed by atoms with Crippen LogP contribution in [0.4, 0.5) is 5.82 Å². The second-order valence-corrected chi connectivity index (χ2v) is 8.50. The molecule has 2 aromatic carbocycles. The molecular formula is C25H30Cl2N4. The highest BCUT2D eigenvalue weighted by Crippen LogP contribution is 2.25. The van der Waals surface area contributed by atoms with Crippen molar-refractivity contribution in [2.75, 3.05) is 25.0 Å². The molecule has 6 heteroatoms. The molecule has 0 bridgehead atoms. The highest BCUT2D eigenvalue weighted by molar-refractivity contribution is 6.35. The molecular weight excluding hydrogens is 427 g/mol. The average molecular weight is 457 g/mol. The van der Waals surface area contributed by atoms with Gasteiger partial charge in [0, 0.05) is 21.5 Å². The zero-order valence-electron chi connectivity index (χ0n) is 18.4. The molecule has 0 aliphatic carbocycles. The summed E-state index contributed by atoms with van der Waals surface area (Å²) in [7, 11) is 0. The molecule has 1 aromatic heterocycles. The SMILES string of the molecule is CCN(CC)CCC[C@@H](C)Nc1nc(/C=C/c2ccc(Cl)cc2Cl)nc2ccccc12. The molecule has 0 radical (unpaired) electrons. The lowest BCUT2D eigenvalue weighted by Gasteiger charge is -2.20. The van der Waals surface area contributed by atoms with E-state index < -0.39 is 0 Å². The van der Waals surface area contributed by atoms with E-state index in [1.54, 1.807) is 6.07 Å². The van der Waals surface area contributed by atoms with E-state index in [-0.39, 0.29) is 0 Å². The minimum Gasteiger partial charge on any atom is -0.367 e. The van der Waals surface area contributed by atoms with Crippen molar-refractivity contribution in [2.24, 2.45) is 0 Å². The zero-order valence-corrected chi connectivity index (χ0v) is 19.9. The van der Waals surface area contributed by atoms with Crippen LogP contribution in [0.15, 0.2) is 42.5 Å². The number of fused-ring (bicyclic) bond motifs is 1. The number of aromatic nitrogens is 2. The van der Waals surface area contributed by atoms with Crippen LogP contribution in [0.5, 0.6) is 0 Å². The molecule has 0 unspecified atom stereocenters. The summed E-state index contributed by atoms with van der Waals surface area (Å²) in [6, 6.07) is 13.8. The number of anilines is 1. The van der Waals surface area contributed by atoms with Crippen LogP contribution in [0.1, 0.15) is 45.0 Å². The van der Waals surface area contributed by atoms with E-state index in [1.807, 2.05) is 42.5 Å². The van der Waals surface area contributed by atoms with Gasteiger partial charge in [-0.25, -0.2) is 9.97 Å². The summed E-state index contributed by atoms with van der Waals surface area (Å²) in [5, 5.41) is 5.85. The molecule has 0 aliphatic heterocycles. The molecule has 1 heterocycles. The van der Waals surface area contributed by atoms with Gasteiger partial charge in [0.25, 0.3) is 0 Å². The second kappa shape index (κ2) is 11.5. The van der Waals surface area contributed by atoms with Gasteiger partial charge in [0.1, 0.15) is 5.82 Å². The summed E-state index contributed by atoms with van der Waals surface area (Å²) in [6.07, 6.45) is 6.04. The van der Waals surface area contributed by atoms with E-state index in [9.17, 15) is 0 Å². The van der Waals surface area contributed by atoms with Gasteiger partial charge in [0.2, 0.25) is 0 Å². The molecule has 31 heavy (non-hydrogen) atoms. The lowest BCUT2D eigenvalue weighted by atomic mass is 10.1. The number of hydrogen-bond donors (Lipinski definition) is 1. The molecule has 0 amide bonds. The number of nitrogens with zero attached hydrogens (tertiary/aromatic N) is 3. The third-order valence-corrected chi connectivity index (χ3v) is 5.95. The van der Waals surface area contributed by atoms with Crippen molar-refractivity contribution >= 4 is 52.1 Å². The van der Waals surface area contributed by atoms with E-state index >= 15 is 0 Å². The Morgan fingerprint density at radius 2 is 1.81 bits per heavy atom. The fraction of sp³-hybridized carbons (Fsp3) is 0.360. The number of hydrogen-bond acceptors (Lipinski definition) is 4. The fourth-order valence-electron chi connectivity index (χ4n) is 3.55. The van der Waals surface area contributed by atoms with E-state index in [1.165, 1.54) is 0 Å². The molecule has 0 saturated heterocycles. The summed E-state index contributed by atoms with van der Waals surface area (Å²) in [5.74, 6) is 1.50. The first-order valence-electron chi connectivity index (χ1n) is 10.9. The van der Waals surface area contributed by atoms with Crippen LogP contribution in [0.2, 0.25) is 10.0 Å². The van der Waals surface area contributed by atoms with Crippen molar-refractivity contribution < 1.29 is 0 Å². The lowest BCUT2D eigenvalue weighted by molar-refractivity contribution is 0.295. The predicted octanol–water partition coefficient (Wildman–Crippen LogP) is 7.03. The molecule has 1 N–H and O–H groups in total.